The van der Waals surface area contributed by atoms with Crippen molar-refractivity contribution < 1.29 is 26.4 Å². The normalized spacial score (nSPS) is 23.4. The van der Waals surface area contributed by atoms with Gasteiger partial charge in [0.05, 0.1) is 5.92 Å². The van der Waals surface area contributed by atoms with E-state index in [1.807, 2.05) is 0 Å². The first-order valence-electron chi connectivity index (χ1n) is 5.44. The van der Waals surface area contributed by atoms with Crippen molar-refractivity contribution in [1.82, 2.24) is 14.3 Å². The third-order valence-corrected chi connectivity index (χ3v) is 4.09. The molecule has 0 spiro atoms. The number of hydrogen-bond donors (Lipinski definition) is 2. The molecule has 0 aliphatic heterocycles. The number of hydrogen-bond acceptors (Lipinski definition) is 4. The Hall–Kier alpha value is -0.810. The molecule has 1 aromatic rings. The van der Waals surface area contributed by atoms with Gasteiger partial charge in [0.15, 0.2) is 6.82 Å². The second kappa shape index (κ2) is 5.19. The largest absolute Gasteiger partial charge is 0.393 e. The van der Waals surface area contributed by atoms with Gasteiger partial charge in [0.1, 0.15) is 4.60 Å². The third kappa shape index (κ3) is 2.93. The molecule has 2 rings (SSSR count). The SMILES string of the molecule is [2H]S(=O)(=O)NC(=O)c1nc(Cl)n(C2CC2C(F)(F)F)c1Br. The highest BCUT2D eigenvalue weighted by molar-refractivity contribution is 9.10. The number of carbonyl (C=O) groups excluding carboxylic acids is 1. The van der Waals surface area contributed by atoms with Crippen molar-refractivity contribution >= 4 is 44.2 Å². The Kier molecular flexibility index (Phi) is 3.67. The molecule has 12 heteroatoms. The van der Waals surface area contributed by atoms with Crippen LogP contribution in [0.5, 0.6) is 0 Å². The van der Waals surface area contributed by atoms with E-state index in [0.717, 1.165) is 4.57 Å². The topological polar surface area (TPSA) is 81.1 Å². The molecule has 6 nitrogen and oxygen atoms in total. The van der Waals surface area contributed by atoms with Crippen LogP contribution in [0, 0.1) is 5.92 Å². The molecule has 1 aromatic heterocycles. The van der Waals surface area contributed by atoms with Crippen LogP contribution in [0.25, 0.3) is 0 Å². The maximum absolute atomic E-state index is 12.6. The molecular weight excluding hydrogens is 391 g/mol. The first kappa shape index (κ1) is 14.1. The zero-order chi connectivity index (χ0) is 16.2. The summed E-state index contributed by atoms with van der Waals surface area (Å²) >= 11 is 8.57. The standard InChI is InChI=1S/C8H6BrClF3N3O3S/c9-5-4(6(17)15-20(18)19)14-7(10)16(5)3-1-2(3)8(11,12)13/h2-3,20H,1H2,(H,15,17,18,19)/i20D. The fourth-order valence-electron chi connectivity index (χ4n) is 1.76. The average Bonchev–Trinajstić information content (AvgIpc) is 2.98. The van der Waals surface area contributed by atoms with E-state index in [9.17, 15) is 26.4 Å². The lowest BCUT2D eigenvalue weighted by Gasteiger charge is -2.08. The van der Waals surface area contributed by atoms with Gasteiger partial charge in [0, 0.05) is 6.04 Å². The number of nitrogens with zero attached hydrogens (tertiary/aromatic N) is 2. The Bertz CT molecular complexity index is 708. The predicted molar refractivity (Wildman–Crippen MR) is 65.9 cm³/mol. The molecule has 1 N–H and O–H groups in total. The summed E-state index contributed by atoms with van der Waals surface area (Å²) in [6.07, 6.45) is -4.61. The molecule has 0 bridgehead atoms. The van der Waals surface area contributed by atoms with Crippen LogP contribution in [0.4, 0.5) is 13.2 Å². The van der Waals surface area contributed by atoms with Crippen LogP contribution in [0.2, 0.25) is 5.28 Å². The molecule has 1 fully saturated rings. The molecule has 1 aliphatic rings. The zero-order valence-electron chi connectivity index (χ0n) is 10.3. The van der Waals surface area contributed by atoms with E-state index in [0.29, 0.717) is 0 Å². The summed E-state index contributed by atoms with van der Waals surface area (Å²) in [5, 5.41) is -0.383. The molecule has 2 atom stereocenters. The summed E-state index contributed by atoms with van der Waals surface area (Å²) in [5.74, 6) is -2.86. The Balaban J connectivity index is 2.30. The van der Waals surface area contributed by atoms with Gasteiger partial charge >= 0.3 is 6.18 Å². The lowest BCUT2D eigenvalue weighted by molar-refractivity contribution is -0.150. The van der Waals surface area contributed by atoms with Gasteiger partial charge in [-0.1, -0.05) is 0 Å². The van der Waals surface area contributed by atoms with Crippen molar-refractivity contribution in [3.05, 3.63) is 15.6 Å². The van der Waals surface area contributed by atoms with Crippen molar-refractivity contribution in [2.24, 2.45) is 5.92 Å². The van der Waals surface area contributed by atoms with E-state index in [2.05, 4.69) is 20.9 Å². The minimum Gasteiger partial charge on any atom is -0.305 e. The highest BCUT2D eigenvalue weighted by atomic mass is 79.9. The van der Waals surface area contributed by atoms with Crippen LogP contribution < -0.4 is 4.72 Å². The quantitative estimate of drug-likeness (QED) is 0.761. The number of aromatic nitrogens is 2. The smallest absolute Gasteiger partial charge is 0.305 e. The van der Waals surface area contributed by atoms with Gasteiger partial charge in [-0.2, -0.15) is 13.2 Å². The van der Waals surface area contributed by atoms with Gasteiger partial charge in [0.2, 0.25) is 16.1 Å². The number of thiol groups is 1. The molecule has 1 amide bonds. The number of halogens is 5. The van der Waals surface area contributed by atoms with Gasteiger partial charge in [-0.25, -0.2) is 18.1 Å². The highest BCUT2D eigenvalue weighted by Gasteiger charge is 2.57. The van der Waals surface area contributed by atoms with Gasteiger partial charge in [0.25, 0.3) is 5.91 Å². The van der Waals surface area contributed by atoms with Gasteiger partial charge in [-0.3, -0.25) is 4.79 Å². The highest BCUT2D eigenvalue weighted by Crippen LogP contribution is 2.55. The molecule has 0 radical (unpaired) electrons. The first-order chi connectivity index (χ1) is 9.42. The fourth-order valence-corrected chi connectivity index (χ4v) is 3.10. The second-order valence-corrected chi connectivity index (χ2v) is 5.77. The van der Waals surface area contributed by atoms with Crippen LogP contribution in [-0.2, 0) is 10.8 Å². The minimum atomic E-state index is -4.57. The molecule has 0 saturated heterocycles. The van der Waals surface area contributed by atoms with E-state index in [1.165, 1.54) is 4.72 Å². The van der Waals surface area contributed by atoms with E-state index >= 15 is 0 Å². The first-order valence-corrected chi connectivity index (χ1v) is 7.27. The number of imidazole rings is 1. The van der Waals surface area contributed by atoms with Crippen LogP contribution in [0.3, 0.4) is 0 Å². The minimum absolute atomic E-state index is 0.176. The Morgan fingerprint density at radius 1 is 1.60 bits per heavy atom. The van der Waals surface area contributed by atoms with Gasteiger partial charge < -0.3 is 4.57 Å². The molecule has 20 heavy (non-hydrogen) atoms. The Morgan fingerprint density at radius 3 is 2.65 bits per heavy atom. The zero-order valence-corrected chi connectivity index (χ0v) is 12.4. The lowest BCUT2D eigenvalue weighted by Crippen LogP contribution is -2.22. The molecule has 1 saturated carbocycles. The maximum Gasteiger partial charge on any atom is 0.393 e. The number of alkyl halides is 3. The Labute approximate surface area is 126 Å². The van der Waals surface area contributed by atoms with Crippen LogP contribution in [0.1, 0.15) is 23.0 Å². The number of carbonyl (C=O) groups is 1. The summed E-state index contributed by atoms with van der Waals surface area (Å²) in [7, 11) is -4.57. The van der Waals surface area contributed by atoms with Crippen LogP contribution in [0.15, 0.2) is 4.60 Å². The molecular formula is C8H6BrClF3N3O3S. The summed E-state index contributed by atoms with van der Waals surface area (Å²) in [4.78, 5) is 15.1. The summed E-state index contributed by atoms with van der Waals surface area (Å²) in [6, 6.07) is -1.01. The Morgan fingerprint density at radius 2 is 2.20 bits per heavy atom. The monoisotopic (exact) mass is 396 g/mol. The van der Waals surface area contributed by atoms with Crippen molar-refractivity contribution in [3.63, 3.8) is 0 Å². The molecule has 0 aromatic carbocycles. The van der Waals surface area contributed by atoms with Crippen molar-refractivity contribution in [1.29, 1.82) is 1.12 Å². The van der Waals surface area contributed by atoms with E-state index in [-0.39, 0.29) is 16.3 Å². The molecule has 2 unspecified atom stereocenters. The second-order valence-electron chi connectivity index (χ2n) is 4.01. The number of nitrogens with one attached hydrogen (secondary N) is 1. The third-order valence-electron chi connectivity index (χ3n) is 2.71. The van der Waals surface area contributed by atoms with Gasteiger partial charge in [-0.15, -0.1) is 0 Å². The molecule has 112 valence electrons. The number of rotatable bonds is 3. The molecule has 1 heterocycles. The summed E-state index contributed by atoms with van der Waals surface area (Å²) in [5.41, 5.74) is -0.511. The average molecular weight is 398 g/mol. The lowest BCUT2D eigenvalue weighted by atomic mass is 10.4. The number of amides is 1. The van der Waals surface area contributed by atoms with E-state index in [1.54, 1.807) is 0 Å². The van der Waals surface area contributed by atoms with Crippen molar-refractivity contribution in [2.75, 3.05) is 0 Å². The van der Waals surface area contributed by atoms with Crippen molar-refractivity contribution in [2.45, 2.75) is 18.6 Å². The maximum atomic E-state index is 12.6. The summed E-state index contributed by atoms with van der Waals surface area (Å²) < 4.78 is 67.6. The van der Waals surface area contributed by atoms with E-state index in [4.69, 9.17) is 12.7 Å². The van der Waals surface area contributed by atoms with Crippen LogP contribution in [-0.4, -0.2) is 31.2 Å². The van der Waals surface area contributed by atoms with Crippen LogP contribution >= 0.6 is 27.5 Å². The molecule has 1 aliphatic carbocycles. The van der Waals surface area contributed by atoms with Crippen molar-refractivity contribution in [3.8, 4) is 0 Å². The fraction of sp³-hybridized carbons (Fsp3) is 0.500. The van der Waals surface area contributed by atoms with Gasteiger partial charge in [-0.05, 0) is 34.0 Å². The predicted octanol–water partition coefficient (Wildman–Crippen LogP) is 1.68. The van der Waals surface area contributed by atoms with E-state index < -0.39 is 40.5 Å². The summed E-state index contributed by atoms with van der Waals surface area (Å²) in [6.45, 7) is 0.